The second kappa shape index (κ2) is 13.7. The van der Waals surface area contributed by atoms with Gasteiger partial charge in [0.25, 0.3) is 11.8 Å². The number of rotatable bonds is 10. The van der Waals surface area contributed by atoms with Gasteiger partial charge in [-0.05, 0) is 81.4 Å². The van der Waals surface area contributed by atoms with Gasteiger partial charge in [0.1, 0.15) is 11.2 Å². The van der Waals surface area contributed by atoms with E-state index in [4.69, 9.17) is 14.7 Å². The number of unbranched alkanes of at least 4 members (excludes halogenated alkanes) is 3. The monoisotopic (exact) mass is 697 g/mol. The van der Waals surface area contributed by atoms with Gasteiger partial charge in [-0.25, -0.2) is 4.98 Å². The average molecular weight is 698 g/mol. The number of esters is 1. The molecule has 6 rings (SSSR count). The molecule has 0 unspecified atom stereocenters. The number of methoxy groups -OCH3 is 1. The highest BCUT2D eigenvalue weighted by atomic mass is 16.5. The summed E-state index contributed by atoms with van der Waals surface area (Å²) in [6.45, 7) is 13.7. The van der Waals surface area contributed by atoms with Crippen molar-refractivity contribution in [1.82, 2.24) is 24.8 Å². The van der Waals surface area contributed by atoms with Crippen LogP contribution in [0.4, 0.5) is 0 Å². The molecule has 2 amide bonds. The highest BCUT2D eigenvalue weighted by Crippen LogP contribution is 2.48. The van der Waals surface area contributed by atoms with Crippen molar-refractivity contribution in [3.8, 4) is 0 Å². The molecule has 0 fully saturated rings. The van der Waals surface area contributed by atoms with Crippen LogP contribution in [0.3, 0.4) is 0 Å². The van der Waals surface area contributed by atoms with Gasteiger partial charge in [0.2, 0.25) is 0 Å². The predicted molar refractivity (Wildman–Crippen MR) is 195 cm³/mol. The molecule has 0 aliphatic carbocycles. The zero-order valence-corrected chi connectivity index (χ0v) is 31.1. The second-order valence-corrected chi connectivity index (χ2v) is 14.6. The lowest BCUT2D eigenvalue weighted by Crippen LogP contribution is -2.43. The zero-order valence-electron chi connectivity index (χ0n) is 31.1. The van der Waals surface area contributed by atoms with Crippen molar-refractivity contribution in [3.05, 3.63) is 69.1 Å². The van der Waals surface area contributed by atoms with Crippen LogP contribution < -0.4 is 0 Å². The Morgan fingerprint density at radius 2 is 1.69 bits per heavy atom. The highest BCUT2D eigenvalue weighted by molar-refractivity contribution is 6.23. The molecule has 272 valence electrons. The van der Waals surface area contributed by atoms with E-state index < -0.39 is 17.1 Å². The lowest BCUT2D eigenvalue weighted by atomic mass is 9.80. The Labute approximate surface area is 299 Å². The number of ether oxygens (including phenoxy) is 1. The first-order valence-electron chi connectivity index (χ1n) is 18.4. The number of nitrogens with one attached hydrogen (secondary N) is 2. The smallest absolute Gasteiger partial charge is 0.305 e. The Kier molecular flexibility index (Phi) is 9.75. The van der Waals surface area contributed by atoms with E-state index in [1.165, 1.54) is 12.0 Å². The van der Waals surface area contributed by atoms with Gasteiger partial charge in [-0.3, -0.25) is 24.3 Å². The van der Waals surface area contributed by atoms with E-state index in [0.29, 0.717) is 58.4 Å². The second-order valence-electron chi connectivity index (χ2n) is 14.6. The third kappa shape index (κ3) is 5.78. The van der Waals surface area contributed by atoms with Crippen LogP contribution in [-0.2, 0) is 20.7 Å². The van der Waals surface area contributed by atoms with Crippen LogP contribution in [0.25, 0.3) is 22.2 Å². The largest absolute Gasteiger partial charge is 0.469 e. The van der Waals surface area contributed by atoms with Crippen molar-refractivity contribution in [3.63, 3.8) is 0 Å². The summed E-state index contributed by atoms with van der Waals surface area (Å²) in [5.41, 5.74) is 4.15. The molecule has 11 heteroatoms. The lowest BCUT2D eigenvalue weighted by molar-refractivity contribution is -0.149. The van der Waals surface area contributed by atoms with Crippen LogP contribution >= 0.6 is 0 Å². The molecule has 0 radical (unpaired) electrons. The van der Waals surface area contributed by atoms with Crippen molar-refractivity contribution in [2.24, 2.45) is 0 Å². The molecule has 0 saturated carbocycles. The average Bonchev–Trinajstić information content (AvgIpc) is 3.74. The first-order chi connectivity index (χ1) is 24.2. The number of H-pyrrole nitrogens is 2. The lowest BCUT2D eigenvalue weighted by Gasteiger charge is -2.34. The molecule has 0 aromatic carbocycles. The van der Waals surface area contributed by atoms with Crippen LogP contribution in [0.2, 0.25) is 0 Å². The molecule has 4 aliphatic heterocycles. The number of carbonyl (C=O) groups excluding carboxylic acids is 3. The Hall–Kier alpha value is -4.35. The van der Waals surface area contributed by atoms with Crippen LogP contribution in [0.15, 0.2) is 18.2 Å². The van der Waals surface area contributed by atoms with E-state index in [1.807, 2.05) is 19.9 Å². The normalized spacial score (nSPS) is 23.6. The maximum atomic E-state index is 14.7. The Morgan fingerprint density at radius 3 is 2.35 bits per heavy atom. The summed E-state index contributed by atoms with van der Waals surface area (Å²) < 4.78 is 5.01. The standard InChI is InChI=1S/C40H51N5O6/c1-9-12-13-14-17-45-37(47)33-23(6)28-19-31-40(50,11-3)39(7,49)30(44-31)20-29-24(10-2)21(4)26(41-29)18-27-22(5)25(15-16-32(46)51-8)35(42-27)34(38(45)48)36(33)43-28/h18-20,22,25,42-43,49-50H,9-17H2,1-8H3/t22-,25-,39-,40+/m0/s1. The molecule has 51 heavy (non-hydrogen) atoms. The number of aliphatic hydroxyl groups is 2. The number of fused-ring (bicyclic) bond motifs is 8. The van der Waals surface area contributed by atoms with E-state index in [2.05, 4.69) is 30.7 Å². The molecular formula is C40H51N5O6. The van der Waals surface area contributed by atoms with E-state index >= 15 is 0 Å². The topological polar surface area (TPSA) is 162 Å². The molecule has 2 aromatic heterocycles. The number of aromatic nitrogens is 4. The number of amides is 2. The summed E-state index contributed by atoms with van der Waals surface area (Å²) >= 11 is 0. The number of aromatic amines is 2. The molecular weight excluding hydrogens is 646 g/mol. The van der Waals surface area contributed by atoms with Gasteiger partial charge in [-0.15, -0.1) is 0 Å². The molecule has 2 aromatic rings. The molecule has 4 N–H and O–H groups in total. The Balaban J connectivity index is 1.75. The molecule has 0 saturated heterocycles. The van der Waals surface area contributed by atoms with E-state index in [-0.39, 0.29) is 54.5 Å². The molecule has 6 heterocycles. The van der Waals surface area contributed by atoms with Crippen LogP contribution in [0, 0.1) is 6.92 Å². The number of aryl methyl sites for hydroxylation is 1. The number of imide groups is 1. The van der Waals surface area contributed by atoms with Gasteiger partial charge in [-0.1, -0.05) is 47.0 Å². The summed E-state index contributed by atoms with van der Waals surface area (Å²) in [6, 6.07) is 5.45. The van der Waals surface area contributed by atoms with Crippen LogP contribution in [0.1, 0.15) is 165 Å². The van der Waals surface area contributed by atoms with Crippen molar-refractivity contribution in [2.75, 3.05) is 13.7 Å². The van der Waals surface area contributed by atoms with Crippen LogP contribution in [0.5, 0.6) is 0 Å². The van der Waals surface area contributed by atoms with Gasteiger partial charge in [0.15, 0.2) is 0 Å². The number of allylic oxidation sites excluding steroid dienone is 2. The molecule has 4 aliphatic rings. The summed E-state index contributed by atoms with van der Waals surface area (Å²) in [7, 11) is 1.37. The summed E-state index contributed by atoms with van der Waals surface area (Å²) in [5.74, 6) is -1.52. The number of carbonyl (C=O) groups is 3. The summed E-state index contributed by atoms with van der Waals surface area (Å²) in [6.07, 6.45) is 5.02. The van der Waals surface area contributed by atoms with Crippen LogP contribution in [-0.4, -0.2) is 66.5 Å². The molecule has 8 bridgehead atoms. The molecule has 4 atom stereocenters. The quantitative estimate of drug-likeness (QED) is 0.115. The first-order valence-corrected chi connectivity index (χ1v) is 18.4. The van der Waals surface area contributed by atoms with Crippen molar-refractivity contribution < 1.29 is 29.3 Å². The van der Waals surface area contributed by atoms with Gasteiger partial charge < -0.3 is 24.9 Å². The molecule has 11 nitrogen and oxygen atoms in total. The summed E-state index contributed by atoms with van der Waals surface area (Å²) in [4.78, 5) is 59.6. The third-order valence-electron chi connectivity index (χ3n) is 11.7. The minimum absolute atomic E-state index is 0.133. The van der Waals surface area contributed by atoms with Crippen molar-refractivity contribution >= 4 is 40.0 Å². The first kappa shape index (κ1) is 36.4. The fourth-order valence-corrected chi connectivity index (χ4v) is 8.23. The fourth-order valence-electron chi connectivity index (χ4n) is 8.23. The van der Waals surface area contributed by atoms with E-state index in [9.17, 15) is 24.6 Å². The number of nitrogens with zero attached hydrogens (tertiary/aromatic N) is 3. The third-order valence-corrected chi connectivity index (χ3v) is 11.7. The van der Waals surface area contributed by atoms with E-state index in [0.717, 1.165) is 41.8 Å². The fraction of sp³-hybridized carbons (Fsp3) is 0.525. The van der Waals surface area contributed by atoms with Crippen molar-refractivity contribution in [2.45, 2.75) is 123 Å². The maximum Gasteiger partial charge on any atom is 0.305 e. The summed E-state index contributed by atoms with van der Waals surface area (Å²) in [5, 5.41) is 24.0. The maximum absolute atomic E-state index is 14.7. The Bertz CT molecular complexity index is 2020. The molecule has 0 spiro atoms. The van der Waals surface area contributed by atoms with Gasteiger partial charge in [-0.2, -0.15) is 0 Å². The minimum atomic E-state index is -1.74. The van der Waals surface area contributed by atoms with Crippen molar-refractivity contribution in [1.29, 1.82) is 0 Å². The number of hydrogen-bond acceptors (Lipinski definition) is 8. The SMILES string of the molecule is CCCCCCN1C(=O)c2c3[nH]c(cc4nc(cc5nc(cc6[nH]c2c(c6C)C1=O)[C@](O)(CC)[C@@]5(C)O)C(CC)=C4C)[C@@H](C)[C@@H]3CCC(=O)OC. The Morgan fingerprint density at radius 1 is 0.961 bits per heavy atom. The van der Waals surface area contributed by atoms with Gasteiger partial charge in [0.05, 0.1) is 46.5 Å². The zero-order chi connectivity index (χ0) is 37.0. The van der Waals surface area contributed by atoms with E-state index in [1.54, 1.807) is 26.0 Å². The minimum Gasteiger partial charge on any atom is -0.469 e. The highest BCUT2D eigenvalue weighted by Gasteiger charge is 2.53. The van der Waals surface area contributed by atoms with Gasteiger partial charge >= 0.3 is 5.97 Å². The number of hydrogen-bond donors (Lipinski definition) is 4. The predicted octanol–water partition coefficient (Wildman–Crippen LogP) is 7.21. The van der Waals surface area contributed by atoms with Gasteiger partial charge in [0, 0.05) is 41.7 Å².